The summed E-state index contributed by atoms with van der Waals surface area (Å²) in [6.45, 7) is 4.41. The van der Waals surface area contributed by atoms with E-state index in [0.717, 1.165) is 6.42 Å². The van der Waals surface area contributed by atoms with Crippen LogP contribution in [0.1, 0.15) is 20.3 Å². The predicted molar refractivity (Wildman–Crippen MR) is 52.4 cm³/mol. The van der Waals surface area contributed by atoms with Gasteiger partial charge in [0.05, 0.1) is 0 Å². The normalized spacial score (nSPS) is 9.46. The van der Waals surface area contributed by atoms with E-state index >= 15 is 0 Å². The molecule has 0 N–H and O–H groups in total. The van der Waals surface area contributed by atoms with Crippen molar-refractivity contribution in [1.82, 2.24) is 0 Å². The van der Waals surface area contributed by atoms with Gasteiger partial charge in [0, 0.05) is 6.42 Å². The Morgan fingerprint density at radius 2 is 1.92 bits per heavy atom. The summed E-state index contributed by atoms with van der Waals surface area (Å²) in [7, 11) is 0. The molecule has 13 heavy (non-hydrogen) atoms. The highest BCUT2D eigenvalue weighted by atomic mass is 127. The predicted octanol–water partition coefficient (Wildman–Crippen LogP) is -0.0478. The second-order valence-corrected chi connectivity index (χ2v) is 5.58. The van der Waals surface area contributed by atoms with E-state index in [1.165, 1.54) is 3.57 Å². The molecule has 0 bridgehead atoms. The molecule has 0 saturated carbocycles. The first kappa shape index (κ1) is 10.6. The quantitative estimate of drug-likeness (QED) is 0.528. The van der Waals surface area contributed by atoms with Gasteiger partial charge in [0.15, 0.2) is 3.93 Å². The molecule has 0 fully saturated rings. The van der Waals surface area contributed by atoms with Gasteiger partial charge in [-0.1, -0.05) is 32.0 Å². The second kappa shape index (κ2) is 6.04. The van der Waals surface area contributed by atoms with Gasteiger partial charge in [-0.25, -0.2) is 0 Å². The first-order valence-electron chi connectivity index (χ1n) is 4.46. The zero-order chi connectivity index (χ0) is 9.52. The Kier molecular flexibility index (Phi) is 4.92. The molecule has 1 aromatic carbocycles. The van der Waals surface area contributed by atoms with Gasteiger partial charge in [0.1, 0.15) is 0 Å². The van der Waals surface area contributed by atoms with Crippen molar-refractivity contribution in [3.63, 3.8) is 0 Å². The molecule has 68 valence electrons. The Labute approximate surface area is 91.0 Å². The molecule has 0 saturated heterocycles. The molecule has 0 aliphatic heterocycles. The molecule has 1 aromatic rings. The van der Waals surface area contributed by atoms with Crippen LogP contribution in [0, 0.1) is 19.3 Å². The van der Waals surface area contributed by atoms with Gasteiger partial charge in [-0.05, 0) is 24.0 Å². The van der Waals surface area contributed by atoms with Crippen molar-refractivity contribution in [2.24, 2.45) is 5.92 Å². The topological polar surface area (TPSA) is 0 Å². The Morgan fingerprint density at radius 3 is 2.54 bits per heavy atom. The average molecular weight is 285 g/mol. The molecule has 0 nitrogen and oxygen atoms in total. The van der Waals surface area contributed by atoms with E-state index in [1.807, 2.05) is 0 Å². The van der Waals surface area contributed by atoms with E-state index in [9.17, 15) is 0 Å². The minimum atomic E-state index is -0.0663. The molecule has 0 unspecified atom stereocenters. The van der Waals surface area contributed by atoms with Crippen molar-refractivity contribution in [3.05, 3.63) is 33.9 Å². The highest BCUT2D eigenvalue weighted by Crippen LogP contribution is 1.94. The van der Waals surface area contributed by atoms with Crippen molar-refractivity contribution in [1.29, 1.82) is 0 Å². The molecule has 0 atom stereocenters. The van der Waals surface area contributed by atoms with Crippen LogP contribution in [0.5, 0.6) is 0 Å². The number of rotatable bonds is 2. The number of hydrogen-bond acceptors (Lipinski definition) is 0. The van der Waals surface area contributed by atoms with E-state index in [1.54, 1.807) is 0 Å². The molecule has 0 aliphatic rings. The first-order chi connectivity index (χ1) is 6.29. The van der Waals surface area contributed by atoms with Crippen molar-refractivity contribution in [2.75, 3.05) is 0 Å². The van der Waals surface area contributed by atoms with Gasteiger partial charge >= 0.3 is 21.2 Å². The maximum Gasteiger partial charge on any atom is 0.419 e. The third kappa shape index (κ3) is 4.94. The van der Waals surface area contributed by atoms with Crippen LogP contribution in [0.2, 0.25) is 0 Å². The van der Waals surface area contributed by atoms with Gasteiger partial charge < -0.3 is 0 Å². The largest absolute Gasteiger partial charge is 0.419 e. The maximum absolute atomic E-state index is 3.29. The summed E-state index contributed by atoms with van der Waals surface area (Å²) >= 11 is -0.0663. The number of hydrogen-bond donors (Lipinski definition) is 0. The van der Waals surface area contributed by atoms with Crippen molar-refractivity contribution in [3.8, 4) is 9.85 Å². The lowest BCUT2D eigenvalue weighted by Crippen LogP contribution is -3.59. The Hall–Kier alpha value is -0.490. The van der Waals surface area contributed by atoms with Crippen LogP contribution in [-0.2, 0) is 0 Å². The summed E-state index contributed by atoms with van der Waals surface area (Å²) < 4.78 is 4.71. The fraction of sp³-hybridized carbons (Fsp3) is 0.333. The lowest BCUT2D eigenvalue weighted by Gasteiger charge is -1.90. The van der Waals surface area contributed by atoms with Gasteiger partial charge in [-0.3, -0.25) is 0 Å². The lowest BCUT2D eigenvalue weighted by atomic mass is 10.1. The minimum Gasteiger partial charge on any atom is -0.0619 e. The summed E-state index contributed by atoms with van der Waals surface area (Å²) in [4.78, 5) is 0. The first-order valence-corrected chi connectivity index (χ1v) is 6.61. The van der Waals surface area contributed by atoms with Crippen LogP contribution in [0.4, 0.5) is 0 Å². The van der Waals surface area contributed by atoms with Crippen molar-refractivity contribution >= 4 is 0 Å². The van der Waals surface area contributed by atoms with E-state index < -0.39 is 0 Å². The number of benzene rings is 1. The number of halogens is 1. The van der Waals surface area contributed by atoms with Gasteiger partial charge in [0.2, 0.25) is 3.57 Å². The Bertz CT molecular complexity index is 290. The molecule has 0 aliphatic carbocycles. The lowest BCUT2D eigenvalue weighted by molar-refractivity contribution is -0.535. The molecule has 0 radical (unpaired) electrons. The average Bonchev–Trinajstić information content (AvgIpc) is 2.14. The zero-order valence-corrected chi connectivity index (χ0v) is 10.2. The molecule has 0 amide bonds. The maximum atomic E-state index is 3.29. The van der Waals surface area contributed by atoms with Gasteiger partial charge in [-0.2, -0.15) is 0 Å². The smallest absolute Gasteiger partial charge is 0.0619 e. The van der Waals surface area contributed by atoms with Crippen molar-refractivity contribution in [2.45, 2.75) is 20.3 Å². The fourth-order valence-corrected chi connectivity index (χ4v) is 2.31. The monoisotopic (exact) mass is 285 g/mol. The Morgan fingerprint density at radius 1 is 1.23 bits per heavy atom. The molecular weight excluding hydrogens is 271 g/mol. The van der Waals surface area contributed by atoms with Crippen LogP contribution in [0.3, 0.4) is 0 Å². The highest BCUT2D eigenvalue weighted by Gasteiger charge is 2.05. The molecule has 1 heteroatoms. The Balaban J connectivity index is 2.37. The third-order valence-electron chi connectivity index (χ3n) is 1.47. The SMILES string of the molecule is CC(C)CC#C[I+]c1ccccc1. The van der Waals surface area contributed by atoms with Gasteiger partial charge in [-0.15, -0.1) is 0 Å². The van der Waals surface area contributed by atoms with E-state index in [2.05, 4.69) is 54.0 Å². The molecule has 0 spiro atoms. The summed E-state index contributed by atoms with van der Waals surface area (Å²) in [6, 6.07) is 10.5. The van der Waals surface area contributed by atoms with Crippen molar-refractivity contribution < 1.29 is 21.2 Å². The highest BCUT2D eigenvalue weighted by molar-refractivity contribution is 5.00. The van der Waals surface area contributed by atoms with Crippen LogP contribution in [0.25, 0.3) is 0 Å². The fourth-order valence-electron chi connectivity index (χ4n) is 0.808. The molecule has 0 heterocycles. The second-order valence-electron chi connectivity index (χ2n) is 3.26. The molecule has 1 rings (SSSR count). The summed E-state index contributed by atoms with van der Waals surface area (Å²) in [6.07, 6.45) is 1.03. The van der Waals surface area contributed by atoms with E-state index in [-0.39, 0.29) is 21.2 Å². The third-order valence-corrected chi connectivity index (χ3v) is 3.46. The van der Waals surface area contributed by atoms with Crippen LogP contribution in [0.15, 0.2) is 30.3 Å². The van der Waals surface area contributed by atoms with Crippen LogP contribution in [-0.4, -0.2) is 0 Å². The van der Waals surface area contributed by atoms with Crippen LogP contribution >= 0.6 is 0 Å². The van der Waals surface area contributed by atoms with E-state index in [4.69, 9.17) is 0 Å². The molecular formula is C12H14I+. The standard InChI is InChI=1S/C12H14I/c1-11(2)7-6-10-13-12-8-4-3-5-9-12/h3-5,8-9,11H,7H2,1-2H3/q+1. The van der Waals surface area contributed by atoms with Crippen LogP contribution < -0.4 is 21.2 Å². The van der Waals surface area contributed by atoms with E-state index in [0.29, 0.717) is 5.92 Å². The molecule has 0 aromatic heterocycles. The zero-order valence-electron chi connectivity index (χ0n) is 8.05. The minimum absolute atomic E-state index is 0.0663. The summed E-state index contributed by atoms with van der Waals surface area (Å²) in [5.74, 6) is 3.93. The summed E-state index contributed by atoms with van der Waals surface area (Å²) in [5, 5.41) is 0. The summed E-state index contributed by atoms with van der Waals surface area (Å²) in [5.41, 5.74) is 0. The van der Waals surface area contributed by atoms with Gasteiger partial charge in [0.25, 0.3) is 0 Å².